The Morgan fingerprint density at radius 3 is 2.69 bits per heavy atom. The molecule has 0 unspecified atom stereocenters. The maximum absolute atomic E-state index is 12.3. The van der Waals surface area contributed by atoms with E-state index in [0.717, 1.165) is 38.6 Å². The zero-order chi connectivity index (χ0) is 17.7. The van der Waals surface area contributed by atoms with Crippen LogP contribution in [0.4, 0.5) is 0 Å². The molecule has 0 atom stereocenters. The quantitative estimate of drug-likeness (QED) is 0.465. The fourth-order valence-electron chi connectivity index (χ4n) is 3.27. The van der Waals surface area contributed by atoms with Gasteiger partial charge in [0.2, 0.25) is 11.4 Å². The number of aromatic amines is 2. The normalized spacial score (nSPS) is 11.4. The summed E-state index contributed by atoms with van der Waals surface area (Å²) in [6.45, 7) is 0. The molecule has 2 N–H and O–H groups in total. The minimum Gasteiger partial charge on any atom is -0.445 e. The van der Waals surface area contributed by atoms with E-state index in [4.69, 9.17) is 16.0 Å². The second-order valence-corrected chi connectivity index (χ2v) is 6.47. The number of nitrogens with one attached hydrogen (secondary N) is 2. The number of hydrogen-bond donors (Lipinski definition) is 2. The lowest BCUT2D eigenvalue weighted by atomic mass is 10.0. The second kappa shape index (κ2) is 5.61. The Bertz CT molecular complexity index is 1320. The zero-order valence-corrected chi connectivity index (χ0v) is 14.2. The summed E-state index contributed by atoms with van der Waals surface area (Å²) in [5.74, 6) is 0.538. The molecular formula is C20H12ClN3O2. The van der Waals surface area contributed by atoms with E-state index in [1.165, 1.54) is 6.26 Å². The van der Waals surface area contributed by atoms with Gasteiger partial charge < -0.3 is 14.4 Å². The minimum atomic E-state index is -0.171. The summed E-state index contributed by atoms with van der Waals surface area (Å²) >= 11 is 6.13. The molecule has 0 aliphatic rings. The highest BCUT2D eigenvalue weighted by atomic mass is 35.5. The summed E-state index contributed by atoms with van der Waals surface area (Å²) < 4.78 is 5.38. The number of oxazole rings is 1. The fraction of sp³-hybridized carbons (Fsp3) is 0. The number of halogens is 1. The van der Waals surface area contributed by atoms with Gasteiger partial charge in [0.15, 0.2) is 0 Å². The molecule has 3 heterocycles. The lowest BCUT2D eigenvalue weighted by Crippen LogP contribution is -2.04. The summed E-state index contributed by atoms with van der Waals surface area (Å²) in [4.78, 5) is 22.8. The van der Waals surface area contributed by atoms with Crippen LogP contribution in [-0.2, 0) is 0 Å². The van der Waals surface area contributed by atoms with Crippen LogP contribution >= 0.6 is 11.6 Å². The van der Waals surface area contributed by atoms with E-state index in [1.807, 2.05) is 42.5 Å². The largest absolute Gasteiger partial charge is 0.445 e. The van der Waals surface area contributed by atoms with Crippen molar-refractivity contribution in [1.82, 2.24) is 15.0 Å². The monoisotopic (exact) mass is 361 g/mol. The van der Waals surface area contributed by atoms with E-state index in [1.54, 1.807) is 12.3 Å². The van der Waals surface area contributed by atoms with Crippen molar-refractivity contribution >= 4 is 33.5 Å². The molecule has 0 aliphatic heterocycles. The molecule has 126 valence electrons. The summed E-state index contributed by atoms with van der Waals surface area (Å²) in [6.07, 6.45) is 3.14. The molecule has 0 aliphatic carbocycles. The molecule has 5 nitrogen and oxygen atoms in total. The Labute approximate surface area is 152 Å². The molecule has 0 amide bonds. The van der Waals surface area contributed by atoms with Crippen LogP contribution in [0.3, 0.4) is 0 Å². The molecule has 2 aromatic carbocycles. The first kappa shape index (κ1) is 15.0. The first-order valence-corrected chi connectivity index (χ1v) is 8.41. The van der Waals surface area contributed by atoms with Crippen molar-refractivity contribution in [2.24, 2.45) is 0 Å². The van der Waals surface area contributed by atoms with Crippen molar-refractivity contribution in [2.45, 2.75) is 0 Å². The number of H-pyrrole nitrogens is 2. The number of hydrogen-bond acceptors (Lipinski definition) is 3. The van der Waals surface area contributed by atoms with Crippen molar-refractivity contribution in [3.8, 4) is 22.6 Å². The van der Waals surface area contributed by atoms with Crippen molar-refractivity contribution < 1.29 is 4.42 Å². The fourth-order valence-corrected chi connectivity index (χ4v) is 3.44. The predicted molar refractivity (Wildman–Crippen MR) is 102 cm³/mol. The van der Waals surface area contributed by atoms with Gasteiger partial charge in [0.25, 0.3) is 0 Å². The number of aromatic nitrogens is 3. The van der Waals surface area contributed by atoms with Gasteiger partial charge in [-0.2, -0.15) is 0 Å². The summed E-state index contributed by atoms with van der Waals surface area (Å²) in [5.41, 5.74) is 4.89. The standard InChI is InChI=1S/C20H12ClN3O2/c21-13-4-5-16-15(9-13)19-18(23-16)14(10-17(25)24-19)11-2-1-3-12(8-11)20-22-6-7-26-20/h1-10,23H,(H,24,25). The van der Waals surface area contributed by atoms with Crippen LogP contribution in [0.2, 0.25) is 5.02 Å². The summed E-state index contributed by atoms with van der Waals surface area (Å²) in [5, 5.41) is 1.51. The van der Waals surface area contributed by atoms with Crippen LogP contribution in [0, 0.1) is 0 Å². The van der Waals surface area contributed by atoms with Gasteiger partial charge in [0, 0.05) is 33.1 Å². The highest BCUT2D eigenvalue weighted by Crippen LogP contribution is 2.33. The molecule has 5 aromatic rings. The highest BCUT2D eigenvalue weighted by Gasteiger charge is 2.13. The van der Waals surface area contributed by atoms with Crippen molar-refractivity contribution in [2.75, 3.05) is 0 Å². The van der Waals surface area contributed by atoms with Crippen molar-refractivity contribution in [3.63, 3.8) is 0 Å². The lowest BCUT2D eigenvalue weighted by molar-refractivity contribution is 0.574. The molecular weight excluding hydrogens is 350 g/mol. The minimum absolute atomic E-state index is 0.171. The second-order valence-electron chi connectivity index (χ2n) is 6.03. The smallest absolute Gasteiger partial charge is 0.249 e. The van der Waals surface area contributed by atoms with E-state index in [0.29, 0.717) is 10.9 Å². The summed E-state index contributed by atoms with van der Waals surface area (Å²) in [7, 11) is 0. The molecule has 0 spiro atoms. The molecule has 0 bridgehead atoms. The third-order valence-corrected chi connectivity index (χ3v) is 4.64. The maximum atomic E-state index is 12.3. The number of rotatable bonds is 2. The molecule has 0 fully saturated rings. The molecule has 5 rings (SSSR count). The van der Waals surface area contributed by atoms with Gasteiger partial charge >= 0.3 is 0 Å². The van der Waals surface area contributed by atoms with Crippen molar-refractivity contribution in [3.05, 3.63) is 76.4 Å². The van der Waals surface area contributed by atoms with E-state index in [9.17, 15) is 4.79 Å². The van der Waals surface area contributed by atoms with E-state index >= 15 is 0 Å². The molecule has 6 heteroatoms. The van der Waals surface area contributed by atoms with Crippen LogP contribution < -0.4 is 5.56 Å². The average molecular weight is 362 g/mol. The lowest BCUT2D eigenvalue weighted by Gasteiger charge is -2.05. The highest BCUT2D eigenvalue weighted by molar-refractivity contribution is 6.31. The summed E-state index contributed by atoms with van der Waals surface area (Å²) in [6, 6.07) is 14.9. The van der Waals surface area contributed by atoms with Crippen LogP contribution in [0.5, 0.6) is 0 Å². The van der Waals surface area contributed by atoms with Crippen LogP contribution in [-0.4, -0.2) is 15.0 Å². The maximum Gasteiger partial charge on any atom is 0.249 e. The predicted octanol–water partition coefficient (Wildman–Crippen LogP) is 4.98. The van der Waals surface area contributed by atoms with Gasteiger partial charge in [0.1, 0.15) is 6.26 Å². The van der Waals surface area contributed by atoms with E-state index < -0.39 is 0 Å². The number of benzene rings is 2. The van der Waals surface area contributed by atoms with Gasteiger partial charge in [-0.05, 0) is 35.9 Å². The van der Waals surface area contributed by atoms with Gasteiger partial charge in [-0.3, -0.25) is 4.79 Å². The Balaban J connectivity index is 1.81. The number of pyridine rings is 1. The van der Waals surface area contributed by atoms with Gasteiger partial charge in [-0.25, -0.2) is 4.98 Å². The zero-order valence-electron chi connectivity index (χ0n) is 13.4. The van der Waals surface area contributed by atoms with Gasteiger partial charge in [0.05, 0.1) is 17.2 Å². The Morgan fingerprint density at radius 2 is 1.85 bits per heavy atom. The van der Waals surface area contributed by atoms with Crippen LogP contribution in [0.1, 0.15) is 0 Å². The molecule has 0 saturated heterocycles. The van der Waals surface area contributed by atoms with E-state index in [-0.39, 0.29) is 5.56 Å². The number of fused-ring (bicyclic) bond motifs is 3. The molecule has 3 aromatic heterocycles. The molecule has 0 radical (unpaired) electrons. The van der Waals surface area contributed by atoms with Gasteiger partial charge in [-0.1, -0.05) is 23.7 Å². The van der Waals surface area contributed by atoms with Crippen molar-refractivity contribution in [1.29, 1.82) is 0 Å². The third-order valence-electron chi connectivity index (χ3n) is 4.41. The Morgan fingerprint density at radius 1 is 0.962 bits per heavy atom. The van der Waals surface area contributed by atoms with E-state index in [2.05, 4.69) is 15.0 Å². The first-order valence-electron chi connectivity index (χ1n) is 8.03. The Hall–Kier alpha value is -3.31. The topological polar surface area (TPSA) is 74.7 Å². The Kier molecular flexibility index (Phi) is 3.23. The van der Waals surface area contributed by atoms with Crippen LogP contribution in [0.25, 0.3) is 44.5 Å². The average Bonchev–Trinajstić information content (AvgIpc) is 3.29. The first-order chi connectivity index (χ1) is 12.7. The van der Waals surface area contributed by atoms with Crippen LogP contribution in [0.15, 0.2) is 70.2 Å². The molecule has 0 saturated carbocycles. The third kappa shape index (κ3) is 2.33. The number of nitrogens with zero attached hydrogens (tertiary/aromatic N) is 1. The SMILES string of the molecule is O=c1cc(-c2cccc(-c3ncco3)c2)c2[nH]c3ccc(Cl)cc3c2[nH]1. The van der Waals surface area contributed by atoms with Gasteiger partial charge in [-0.15, -0.1) is 0 Å². The molecule has 26 heavy (non-hydrogen) atoms.